The van der Waals surface area contributed by atoms with E-state index in [1.807, 2.05) is 4.90 Å². The summed E-state index contributed by atoms with van der Waals surface area (Å²) in [4.78, 5) is 28.0. The van der Waals surface area contributed by atoms with Gasteiger partial charge in [0.2, 0.25) is 11.8 Å². The zero-order chi connectivity index (χ0) is 20.1. The number of aromatic nitrogens is 4. The van der Waals surface area contributed by atoms with E-state index in [0.29, 0.717) is 31.9 Å². The molecule has 1 aromatic carbocycles. The molecular weight excluding hydrogens is 370 g/mol. The lowest BCUT2D eigenvalue weighted by Crippen LogP contribution is -2.34. The third kappa shape index (κ3) is 4.97. The summed E-state index contributed by atoms with van der Waals surface area (Å²) in [6.07, 6.45) is 3.36. The van der Waals surface area contributed by atoms with Crippen molar-refractivity contribution in [1.29, 1.82) is 0 Å². The molecule has 154 valence electrons. The second-order valence-electron chi connectivity index (χ2n) is 7.67. The molecule has 0 aliphatic carbocycles. The van der Waals surface area contributed by atoms with E-state index in [1.54, 1.807) is 4.68 Å². The average molecular weight is 397 g/mol. The number of nitrogens with zero attached hydrogens (tertiary/aromatic N) is 6. The SMILES string of the molecule is O=C(Cn1nnnc1CN1CCc2ccccc2C1)NCCCN1CCCC1=O. The van der Waals surface area contributed by atoms with Crippen LogP contribution in [0.5, 0.6) is 0 Å². The Hall–Kier alpha value is -2.81. The number of benzene rings is 1. The third-order valence-corrected chi connectivity index (χ3v) is 5.57. The van der Waals surface area contributed by atoms with Crippen molar-refractivity contribution < 1.29 is 9.59 Å². The predicted molar refractivity (Wildman–Crippen MR) is 106 cm³/mol. The summed E-state index contributed by atoms with van der Waals surface area (Å²) in [5, 5.41) is 14.7. The van der Waals surface area contributed by atoms with Gasteiger partial charge in [0.05, 0.1) is 6.54 Å². The summed E-state index contributed by atoms with van der Waals surface area (Å²) < 4.78 is 1.57. The minimum absolute atomic E-state index is 0.107. The van der Waals surface area contributed by atoms with E-state index in [1.165, 1.54) is 11.1 Å². The molecule has 0 radical (unpaired) electrons. The van der Waals surface area contributed by atoms with Crippen LogP contribution in [0.4, 0.5) is 0 Å². The van der Waals surface area contributed by atoms with Gasteiger partial charge in [0.1, 0.15) is 6.54 Å². The monoisotopic (exact) mass is 397 g/mol. The first-order chi connectivity index (χ1) is 14.2. The molecular formula is C20H27N7O2. The number of nitrogens with one attached hydrogen (secondary N) is 1. The van der Waals surface area contributed by atoms with E-state index in [-0.39, 0.29) is 18.4 Å². The second-order valence-corrected chi connectivity index (χ2v) is 7.67. The van der Waals surface area contributed by atoms with Gasteiger partial charge in [-0.15, -0.1) is 5.10 Å². The number of fused-ring (bicyclic) bond motifs is 1. The lowest BCUT2D eigenvalue weighted by Gasteiger charge is -2.28. The first-order valence-corrected chi connectivity index (χ1v) is 10.3. The van der Waals surface area contributed by atoms with Gasteiger partial charge < -0.3 is 10.2 Å². The van der Waals surface area contributed by atoms with Gasteiger partial charge >= 0.3 is 0 Å². The number of amides is 2. The maximum absolute atomic E-state index is 12.3. The Morgan fingerprint density at radius 1 is 1.14 bits per heavy atom. The highest BCUT2D eigenvalue weighted by Gasteiger charge is 2.20. The quantitative estimate of drug-likeness (QED) is 0.646. The molecule has 0 atom stereocenters. The van der Waals surface area contributed by atoms with Gasteiger partial charge in [-0.3, -0.25) is 14.5 Å². The zero-order valence-corrected chi connectivity index (χ0v) is 16.6. The maximum Gasteiger partial charge on any atom is 0.241 e. The number of carbonyl (C=O) groups excluding carboxylic acids is 2. The van der Waals surface area contributed by atoms with E-state index in [0.717, 1.165) is 38.9 Å². The number of tetrazole rings is 1. The fourth-order valence-electron chi connectivity index (χ4n) is 3.98. The molecule has 2 aromatic rings. The van der Waals surface area contributed by atoms with Crippen LogP contribution < -0.4 is 5.32 Å². The van der Waals surface area contributed by atoms with E-state index in [9.17, 15) is 9.59 Å². The van der Waals surface area contributed by atoms with Crippen molar-refractivity contribution in [3.63, 3.8) is 0 Å². The molecule has 3 heterocycles. The van der Waals surface area contributed by atoms with Crippen LogP contribution in [-0.4, -0.2) is 68.0 Å². The van der Waals surface area contributed by atoms with E-state index in [2.05, 4.69) is 50.0 Å². The molecule has 9 nitrogen and oxygen atoms in total. The number of hydrogen-bond donors (Lipinski definition) is 1. The Kier molecular flexibility index (Phi) is 6.14. The number of likely N-dealkylation sites (tertiary alicyclic amines) is 1. The molecule has 4 rings (SSSR count). The van der Waals surface area contributed by atoms with Crippen LogP contribution in [0.25, 0.3) is 0 Å². The molecule has 0 unspecified atom stereocenters. The van der Waals surface area contributed by atoms with Crippen molar-refractivity contribution in [3.05, 3.63) is 41.2 Å². The summed E-state index contributed by atoms with van der Waals surface area (Å²) in [5.41, 5.74) is 2.74. The van der Waals surface area contributed by atoms with Crippen molar-refractivity contribution in [2.24, 2.45) is 0 Å². The molecule has 1 aromatic heterocycles. The van der Waals surface area contributed by atoms with Crippen LogP contribution in [0.1, 0.15) is 36.2 Å². The van der Waals surface area contributed by atoms with Gasteiger partial charge in [-0.25, -0.2) is 4.68 Å². The molecule has 1 N–H and O–H groups in total. The van der Waals surface area contributed by atoms with Gasteiger partial charge in [-0.05, 0) is 40.8 Å². The minimum Gasteiger partial charge on any atom is -0.354 e. The van der Waals surface area contributed by atoms with Crippen LogP contribution in [0.3, 0.4) is 0 Å². The summed E-state index contributed by atoms with van der Waals surface area (Å²) >= 11 is 0. The topological polar surface area (TPSA) is 96.2 Å². The number of rotatable bonds is 8. The summed E-state index contributed by atoms with van der Waals surface area (Å²) in [6.45, 7) is 4.62. The van der Waals surface area contributed by atoms with Crippen LogP contribution in [0, 0.1) is 0 Å². The highest BCUT2D eigenvalue weighted by molar-refractivity contribution is 5.78. The third-order valence-electron chi connectivity index (χ3n) is 5.57. The van der Waals surface area contributed by atoms with Crippen LogP contribution >= 0.6 is 0 Å². The molecule has 1 saturated heterocycles. The Bertz CT molecular complexity index is 866. The fraction of sp³-hybridized carbons (Fsp3) is 0.550. The first kappa shape index (κ1) is 19.5. The Morgan fingerprint density at radius 3 is 2.83 bits per heavy atom. The van der Waals surface area contributed by atoms with Crippen LogP contribution in [0.2, 0.25) is 0 Å². The molecule has 9 heteroatoms. The normalized spacial score (nSPS) is 16.8. The van der Waals surface area contributed by atoms with Crippen molar-refractivity contribution in [3.8, 4) is 0 Å². The summed E-state index contributed by atoms with van der Waals surface area (Å²) in [7, 11) is 0. The van der Waals surface area contributed by atoms with Gasteiger partial charge in [0, 0.05) is 39.1 Å². The van der Waals surface area contributed by atoms with Crippen molar-refractivity contribution in [1.82, 2.24) is 35.3 Å². The van der Waals surface area contributed by atoms with Crippen molar-refractivity contribution >= 4 is 11.8 Å². The lowest BCUT2D eigenvalue weighted by atomic mass is 10.00. The zero-order valence-electron chi connectivity index (χ0n) is 16.6. The minimum atomic E-state index is -0.115. The Balaban J connectivity index is 1.23. The number of hydrogen-bond acceptors (Lipinski definition) is 6. The summed E-state index contributed by atoms with van der Waals surface area (Å²) in [6, 6.07) is 8.49. The molecule has 2 aliphatic rings. The smallest absolute Gasteiger partial charge is 0.241 e. The van der Waals surface area contributed by atoms with E-state index >= 15 is 0 Å². The lowest BCUT2D eigenvalue weighted by molar-refractivity contribution is -0.127. The predicted octanol–water partition coefficient (Wildman–Crippen LogP) is 0.360. The molecule has 2 amide bonds. The summed E-state index contributed by atoms with van der Waals surface area (Å²) in [5.74, 6) is 0.799. The fourth-order valence-corrected chi connectivity index (χ4v) is 3.98. The Morgan fingerprint density at radius 2 is 2.00 bits per heavy atom. The molecule has 0 bridgehead atoms. The molecule has 0 spiro atoms. The van der Waals surface area contributed by atoms with Crippen molar-refractivity contribution in [2.45, 2.75) is 45.3 Å². The van der Waals surface area contributed by atoms with Crippen LogP contribution in [-0.2, 0) is 35.6 Å². The molecule has 2 aliphatic heterocycles. The molecule has 29 heavy (non-hydrogen) atoms. The largest absolute Gasteiger partial charge is 0.354 e. The van der Waals surface area contributed by atoms with Gasteiger partial charge in [0.25, 0.3) is 0 Å². The van der Waals surface area contributed by atoms with Crippen molar-refractivity contribution in [2.75, 3.05) is 26.2 Å². The highest BCUT2D eigenvalue weighted by Crippen LogP contribution is 2.19. The van der Waals surface area contributed by atoms with E-state index < -0.39 is 0 Å². The van der Waals surface area contributed by atoms with Gasteiger partial charge in [-0.1, -0.05) is 24.3 Å². The second kappa shape index (κ2) is 9.13. The standard InChI is InChI=1S/C20H27N7O2/c28-19(21-9-4-11-26-10-3-7-20(26)29)15-27-18(22-23-24-27)14-25-12-8-16-5-1-2-6-17(16)13-25/h1-2,5-6H,3-4,7-15H2,(H,21,28). The van der Waals surface area contributed by atoms with Gasteiger partial charge in [0.15, 0.2) is 5.82 Å². The Labute approximate surface area is 170 Å². The number of carbonyl (C=O) groups is 2. The molecule has 1 fully saturated rings. The first-order valence-electron chi connectivity index (χ1n) is 10.3. The maximum atomic E-state index is 12.3. The average Bonchev–Trinajstić information content (AvgIpc) is 3.34. The van der Waals surface area contributed by atoms with Crippen LogP contribution in [0.15, 0.2) is 24.3 Å². The molecule has 0 saturated carbocycles. The van der Waals surface area contributed by atoms with Gasteiger partial charge in [-0.2, -0.15) is 0 Å². The van der Waals surface area contributed by atoms with E-state index in [4.69, 9.17) is 0 Å². The highest BCUT2D eigenvalue weighted by atomic mass is 16.2.